The summed E-state index contributed by atoms with van der Waals surface area (Å²) in [6.07, 6.45) is 0.646. The van der Waals surface area contributed by atoms with Gasteiger partial charge in [0.05, 0.1) is 10.7 Å². The number of carbonyl (C=O) groups excluding carboxylic acids is 1. The van der Waals surface area contributed by atoms with Crippen molar-refractivity contribution in [3.8, 4) is 0 Å². The Hall–Kier alpha value is -3.20. The molecule has 0 aliphatic heterocycles. The van der Waals surface area contributed by atoms with Crippen LogP contribution in [-0.4, -0.2) is 31.3 Å². The van der Waals surface area contributed by atoms with Crippen LogP contribution in [0, 0.1) is 10.1 Å². The number of thioether (sulfide) groups is 1. The Morgan fingerprint density at radius 3 is 2.59 bits per heavy atom. The van der Waals surface area contributed by atoms with Gasteiger partial charge >= 0.3 is 0 Å². The first-order valence-corrected chi connectivity index (χ1v) is 9.11. The van der Waals surface area contributed by atoms with Crippen LogP contribution in [0.15, 0.2) is 59.8 Å². The van der Waals surface area contributed by atoms with E-state index in [1.807, 2.05) is 41.9 Å². The monoisotopic (exact) mass is 383 g/mol. The predicted molar refractivity (Wildman–Crippen MR) is 103 cm³/mol. The molecular formula is C18H17N5O3S. The van der Waals surface area contributed by atoms with Gasteiger partial charge in [0.25, 0.3) is 5.69 Å². The summed E-state index contributed by atoms with van der Waals surface area (Å²) < 4.78 is 1.84. The SMILES string of the molecule is Cn1c(Cc2ccccc2)nnc1SCC(=O)Nc1ccccc1[N+](=O)[O-]. The number of amides is 1. The molecule has 0 saturated heterocycles. The minimum absolute atomic E-state index is 0.0728. The van der Waals surface area contributed by atoms with Crippen LogP contribution in [0.5, 0.6) is 0 Å². The lowest BCUT2D eigenvalue weighted by Crippen LogP contribution is -2.15. The number of nitro benzene ring substituents is 1. The number of hydrogen-bond donors (Lipinski definition) is 1. The number of carbonyl (C=O) groups is 1. The van der Waals surface area contributed by atoms with Crippen LogP contribution in [-0.2, 0) is 18.3 Å². The zero-order valence-corrected chi connectivity index (χ0v) is 15.3. The van der Waals surface area contributed by atoms with E-state index in [1.165, 1.54) is 23.9 Å². The van der Waals surface area contributed by atoms with Gasteiger partial charge < -0.3 is 9.88 Å². The van der Waals surface area contributed by atoms with Crippen molar-refractivity contribution < 1.29 is 9.72 Å². The summed E-state index contributed by atoms with van der Waals surface area (Å²) in [5.41, 5.74) is 1.16. The first-order valence-electron chi connectivity index (χ1n) is 8.13. The van der Waals surface area contributed by atoms with Gasteiger partial charge in [0.15, 0.2) is 5.16 Å². The van der Waals surface area contributed by atoms with Crippen molar-refractivity contribution in [2.75, 3.05) is 11.1 Å². The lowest BCUT2D eigenvalue weighted by atomic mass is 10.1. The normalized spacial score (nSPS) is 10.6. The largest absolute Gasteiger partial charge is 0.320 e. The fourth-order valence-electron chi connectivity index (χ4n) is 2.46. The molecule has 2 aromatic carbocycles. The highest BCUT2D eigenvalue weighted by molar-refractivity contribution is 7.99. The number of nitrogens with one attached hydrogen (secondary N) is 1. The molecule has 1 aromatic heterocycles. The summed E-state index contributed by atoms with van der Waals surface area (Å²) in [5, 5.41) is 22.5. The maximum Gasteiger partial charge on any atom is 0.292 e. The van der Waals surface area contributed by atoms with E-state index in [1.54, 1.807) is 12.1 Å². The molecule has 1 heterocycles. The number of rotatable bonds is 7. The van der Waals surface area contributed by atoms with Crippen molar-refractivity contribution in [3.63, 3.8) is 0 Å². The summed E-state index contributed by atoms with van der Waals surface area (Å²) in [5.74, 6) is 0.522. The fourth-order valence-corrected chi connectivity index (χ4v) is 3.19. The number of aromatic nitrogens is 3. The molecule has 3 rings (SSSR count). The Labute approximate surface area is 159 Å². The molecule has 138 valence electrons. The van der Waals surface area contributed by atoms with Gasteiger partial charge in [-0.2, -0.15) is 0 Å². The summed E-state index contributed by atoms with van der Waals surface area (Å²) in [6.45, 7) is 0. The standard InChI is InChI=1S/C18H17N5O3S/c1-22-16(11-13-7-3-2-4-8-13)20-21-18(22)27-12-17(24)19-14-9-5-6-10-15(14)23(25)26/h2-10H,11-12H2,1H3,(H,19,24). The number of benzene rings is 2. The Bertz CT molecular complexity index is 959. The average Bonchev–Trinajstić information content (AvgIpc) is 3.01. The molecule has 0 atom stereocenters. The van der Waals surface area contributed by atoms with E-state index in [4.69, 9.17) is 0 Å². The van der Waals surface area contributed by atoms with Crippen LogP contribution in [0.2, 0.25) is 0 Å². The van der Waals surface area contributed by atoms with Crippen molar-refractivity contribution in [2.45, 2.75) is 11.6 Å². The summed E-state index contributed by atoms with van der Waals surface area (Å²) in [6, 6.07) is 16.0. The Balaban J connectivity index is 1.61. The highest BCUT2D eigenvalue weighted by Gasteiger charge is 2.16. The van der Waals surface area contributed by atoms with Crippen LogP contribution >= 0.6 is 11.8 Å². The van der Waals surface area contributed by atoms with Crippen LogP contribution in [0.4, 0.5) is 11.4 Å². The molecule has 0 saturated carbocycles. The van der Waals surface area contributed by atoms with Crippen molar-refractivity contribution in [2.24, 2.45) is 7.05 Å². The molecular weight excluding hydrogens is 366 g/mol. The first-order chi connectivity index (χ1) is 13.0. The van der Waals surface area contributed by atoms with Crippen LogP contribution in [0.25, 0.3) is 0 Å². The molecule has 1 N–H and O–H groups in total. The number of nitrogens with zero attached hydrogens (tertiary/aromatic N) is 4. The van der Waals surface area contributed by atoms with Crippen LogP contribution in [0.1, 0.15) is 11.4 Å². The van der Waals surface area contributed by atoms with Gasteiger partial charge in [-0.05, 0) is 11.6 Å². The minimum atomic E-state index is -0.527. The number of hydrogen-bond acceptors (Lipinski definition) is 6. The highest BCUT2D eigenvalue weighted by Crippen LogP contribution is 2.24. The maximum atomic E-state index is 12.2. The van der Waals surface area contributed by atoms with Crippen LogP contribution < -0.4 is 5.32 Å². The first kappa shape index (κ1) is 18.6. The van der Waals surface area contributed by atoms with E-state index in [-0.39, 0.29) is 23.0 Å². The topological polar surface area (TPSA) is 103 Å². The summed E-state index contributed by atoms with van der Waals surface area (Å²) in [4.78, 5) is 22.6. The van der Waals surface area contributed by atoms with Crippen molar-refractivity contribution in [3.05, 3.63) is 76.1 Å². The Kier molecular flexibility index (Phi) is 5.82. The van der Waals surface area contributed by atoms with Gasteiger partial charge in [0, 0.05) is 19.5 Å². The Morgan fingerprint density at radius 2 is 1.85 bits per heavy atom. The molecule has 0 fully saturated rings. The smallest absolute Gasteiger partial charge is 0.292 e. The van der Waals surface area contributed by atoms with Crippen molar-refractivity contribution in [1.82, 2.24) is 14.8 Å². The van der Waals surface area contributed by atoms with Gasteiger partial charge in [-0.15, -0.1) is 10.2 Å². The second-order valence-electron chi connectivity index (χ2n) is 5.73. The second kappa shape index (κ2) is 8.45. The predicted octanol–water partition coefficient (Wildman–Crippen LogP) is 3.04. The molecule has 0 radical (unpaired) electrons. The van der Waals surface area contributed by atoms with Gasteiger partial charge in [-0.3, -0.25) is 14.9 Å². The highest BCUT2D eigenvalue weighted by atomic mass is 32.2. The third-order valence-electron chi connectivity index (χ3n) is 3.84. The van der Waals surface area contributed by atoms with E-state index < -0.39 is 4.92 Å². The summed E-state index contributed by atoms with van der Waals surface area (Å²) >= 11 is 1.23. The van der Waals surface area contributed by atoms with Gasteiger partial charge in [-0.25, -0.2) is 0 Å². The van der Waals surface area contributed by atoms with E-state index in [2.05, 4.69) is 15.5 Å². The van der Waals surface area contributed by atoms with Gasteiger partial charge in [0.1, 0.15) is 11.5 Å². The quantitative estimate of drug-likeness (QED) is 0.382. The molecule has 3 aromatic rings. The van der Waals surface area contributed by atoms with E-state index in [0.717, 1.165) is 11.4 Å². The molecule has 0 unspecified atom stereocenters. The van der Waals surface area contributed by atoms with E-state index in [0.29, 0.717) is 11.6 Å². The Morgan fingerprint density at radius 1 is 1.15 bits per heavy atom. The van der Waals surface area contributed by atoms with Gasteiger partial charge in [-0.1, -0.05) is 54.2 Å². The molecule has 0 aliphatic carbocycles. The third kappa shape index (κ3) is 4.70. The fraction of sp³-hybridized carbons (Fsp3) is 0.167. The molecule has 9 heteroatoms. The zero-order valence-electron chi connectivity index (χ0n) is 14.5. The third-order valence-corrected chi connectivity index (χ3v) is 4.86. The number of anilines is 1. The number of para-hydroxylation sites is 2. The zero-order chi connectivity index (χ0) is 19.2. The molecule has 0 spiro atoms. The second-order valence-corrected chi connectivity index (χ2v) is 6.67. The molecule has 0 aliphatic rings. The van der Waals surface area contributed by atoms with Gasteiger partial charge in [0.2, 0.25) is 5.91 Å². The van der Waals surface area contributed by atoms with E-state index >= 15 is 0 Å². The molecule has 8 nitrogen and oxygen atoms in total. The van der Waals surface area contributed by atoms with Crippen molar-refractivity contribution in [1.29, 1.82) is 0 Å². The van der Waals surface area contributed by atoms with Crippen molar-refractivity contribution >= 4 is 29.0 Å². The van der Waals surface area contributed by atoms with E-state index in [9.17, 15) is 14.9 Å². The average molecular weight is 383 g/mol. The van der Waals surface area contributed by atoms with Crippen LogP contribution in [0.3, 0.4) is 0 Å². The molecule has 1 amide bonds. The summed E-state index contributed by atoms with van der Waals surface area (Å²) in [7, 11) is 1.85. The molecule has 27 heavy (non-hydrogen) atoms. The number of nitro groups is 1. The lowest BCUT2D eigenvalue weighted by molar-refractivity contribution is -0.383. The molecule has 0 bridgehead atoms. The minimum Gasteiger partial charge on any atom is -0.320 e. The maximum absolute atomic E-state index is 12.2. The lowest BCUT2D eigenvalue weighted by Gasteiger charge is -2.06.